The first-order valence-electron chi connectivity index (χ1n) is 4.24. The van der Waals surface area contributed by atoms with Gasteiger partial charge in [-0.2, -0.15) is 0 Å². The number of hydrogen-bond donors (Lipinski definition) is 0. The summed E-state index contributed by atoms with van der Waals surface area (Å²) in [4.78, 5) is 0. The number of hydrogen-bond acceptors (Lipinski definition) is 4. The van der Waals surface area contributed by atoms with Crippen LogP contribution in [0.25, 0.3) is 0 Å². The highest BCUT2D eigenvalue weighted by molar-refractivity contribution is 8.22. The maximum Gasteiger partial charge on any atom is 0.220 e. The summed E-state index contributed by atoms with van der Waals surface area (Å²) in [6.45, 7) is 3.68. The summed E-state index contributed by atoms with van der Waals surface area (Å²) in [6.07, 6.45) is 2.50. The van der Waals surface area contributed by atoms with Crippen molar-refractivity contribution in [3.63, 3.8) is 0 Å². The van der Waals surface area contributed by atoms with Gasteiger partial charge < -0.3 is 9.47 Å². The molecular formula is C8H14O2S2. The molecule has 0 radical (unpaired) electrons. The van der Waals surface area contributed by atoms with Crippen LogP contribution < -0.4 is 0 Å². The number of thiocarbonyl (C=S) groups is 1. The molecular weight excluding hydrogens is 192 g/mol. The van der Waals surface area contributed by atoms with E-state index in [1.165, 1.54) is 6.42 Å². The van der Waals surface area contributed by atoms with Gasteiger partial charge in [-0.3, -0.25) is 0 Å². The largest absolute Gasteiger partial charge is 0.472 e. The first-order chi connectivity index (χ1) is 5.83. The van der Waals surface area contributed by atoms with E-state index in [9.17, 15) is 0 Å². The zero-order valence-corrected chi connectivity index (χ0v) is 8.88. The highest BCUT2D eigenvalue weighted by atomic mass is 32.2. The molecule has 0 N–H and O–H groups in total. The van der Waals surface area contributed by atoms with E-state index >= 15 is 0 Å². The summed E-state index contributed by atoms with van der Waals surface area (Å²) in [5, 5.41) is 0. The van der Waals surface area contributed by atoms with Gasteiger partial charge in [0.05, 0.1) is 6.61 Å². The molecule has 0 saturated carbocycles. The fourth-order valence-electron chi connectivity index (χ4n) is 0.908. The van der Waals surface area contributed by atoms with E-state index in [1.807, 2.05) is 0 Å². The first-order valence-corrected chi connectivity index (χ1v) is 5.63. The molecule has 12 heavy (non-hydrogen) atoms. The molecule has 1 heterocycles. The molecule has 4 heteroatoms. The fraction of sp³-hybridized carbons (Fsp3) is 0.875. The Balaban J connectivity index is 1.97. The van der Waals surface area contributed by atoms with Crippen LogP contribution in [-0.4, -0.2) is 29.5 Å². The van der Waals surface area contributed by atoms with Crippen LogP contribution in [0, 0.1) is 0 Å². The molecule has 0 aromatic rings. The second-order valence-electron chi connectivity index (χ2n) is 2.73. The van der Waals surface area contributed by atoms with Crippen molar-refractivity contribution in [2.75, 3.05) is 19.0 Å². The van der Waals surface area contributed by atoms with Gasteiger partial charge in [0, 0.05) is 12.4 Å². The highest BCUT2D eigenvalue weighted by Gasteiger charge is 2.20. The van der Waals surface area contributed by atoms with Gasteiger partial charge in [0.25, 0.3) is 0 Å². The Bertz CT molecular complexity index is 150. The summed E-state index contributed by atoms with van der Waals surface area (Å²) in [7, 11) is 0. The maximum atomic E-state index is 5.41. The molecule has 0 spiro atoms. The zero-order chi connectivity index (χ0) is 8.81. The van der Waals surface area contributed by atoms with Gasteiger partial charge in [-0.05, 0) is 18.6 Å². The Morgan fingerprint density at radius 3 is 3.17 bits per heavy atom. The minimum atomic E-state index is 0.194. The number of thioether (sulfide) groups is 1. The normalized spacial score (nSPS) is 22.8. The summed E-state index contributed by atoms with van der Waals surface area (Å²) in [5.74, 6) is 0.949. The van der Waals surface area contributed by atoms with Crippen LogP contribution in [0.3, 0.4) is 0 Å². The molecule has 2 nitrogen and oxygen atoms in total. The van der Waals surface area contributed by atoms with Crippen molar-refractivity contribution in [1.29, 1.82) is 0 Å². The minimum Gasteiger partial charge on any atom is -0.472 e. The molecule has 1 rings (SSSR count). The van der Waals surface area contributed by atoms with Gasteiger partial charge in [0.1, 0.15) is 6.10 Å². The molecule has 1 fully saturated rings. The van der Waals surface area contributed by atoms with E-state index in [2.05, 4.69) is 6.92 Å². The van der Waals surface area contributed by atoms with Gasteiger partial charge in [-0.1, -0.05) is 25.1 Å². The zero-order valence-electron chi connectivity index (χ0n) is 7.25. The van der Waals surface area contributed by atoms with Gasteiger partial charge in [0.15, 0.2) is 0 Å². The molecule has 1 saturated heterocycles. The van der Waals surface area contributed by atoms with E-state index in [-0.39, 0.29) is 6.10 Å². The average Bonchev–Trinajstić information content (AvgIpc) is 2.45. The SMILES string of the molecule is CCCCOCC1CSC(=S)O1. The van der Waals surface area contributed by atoms with Crippen LogP contribution in [0.4, 0.5) is 0 Å². The Kier molecular flexibility index (Phi) is 4.95. The van der Waals surface area contributed by atoms with E-state index < -0.39 is 0 Å². The third kappa shape index (κ3) is 3.74. The van der Waals surface area contributed by atoms with Crippen LogP contribution in [0.15, 0.2) is 0 Å². The van der Waals surface area contributed by atoms with Crippen molar-refractivity contribution in [2.24, 2.45) is 0 Å². The molecule has 0 aliphatic carbocycles. The topological polar surface area (TPSA) is 18.5 Å². The lowest BCUT2D eigenvalue weighted by Crippen LogP contribution is -2.17. The second kappa shape index (κ2) is 5.78. The van der Waals surface area contributed by atoms with Crippen LogP contribution in [0.1, 0.15) is 19.8 Å². The molecule has 0 amide bonds. The first kappa shape index (κ1) is 10.3. The summed E-state index contributed by atoms with van der Waals surface area (Å²) >= 11 is 6.48. The monoisotopic (exact) mass is 206 g/mol. The van der Waals surface area contributed by atoms with E-state index in [1.54, 1.807) is 11.8 Å². The predicted octanol–water partition coefficient (Wildman–Crippen LogP) is 2.22. The highest BCUT2D eigenvalue weighted by Crippen LogP contribution is 2.19. The van der Waals surface area contributed by atoms with Crippen LogP contribution in [-0.2, 0) is 9.47 Å². The van der Waals surface area contributed by atoms with Gasteiger partial charge >= 0.3 is 0 Å². The lowest BCUT2D eigenvalue weighted by Gasteiger charge is -2.08. The number of unbranched alkanes of at least 4 members (excludes halogenated alkanes) is 1. The fourth-order valence-corrected chi connectivity index (χ4v) is 1.94. The second-order valence-corrected chi connectivity index (χ2v) is 4.35. The Morgan fingerprint density at radius 1 is 1.75 bits per heavy atom. The summed E-state index contributed by atoms with van der Waals surface area (Å²) in [5.41, 5.74) is 0. The maximum absolute atomic E-state index is 5.41. The van der Waals surface area contributed by atoms with Crippen molar-refractivity contribution >= 4 is 28.4 Å². The Morgan fingerprint density at radius 2 is 2.58 bits per heavy atom. The summed E-state index contributed by atoms with van der Waals surface area (Å²) in [6, 6.07) is 0. The van der Waals surface area contributed by atoms with Crippen LogP contribution in [0.2, 0.25) is 0 Å². The van der Waals surface area contributed by atoms with Crippen molar-refractivity contribution < 1.29 is 9.47 Å². The van der Waals surface area contributed by atoms with Crippen LogP contribution >= 0.6 is 24.0 Å². The molecule has 0 aromatic carbocycles. The van der Waals surface area contributed by atoms with Crippen LogP contribution in [0.5, 0.6) is 0 Å². The van der Waals surface area contributed by atoms with Crippen molar-refractivity contribution in [2.45, 2.75) is 25.9 Å². The smallest absolute Gasteiger partial charge is 0.220 e. The lowest BCUT2D eigenvalue weighted by molar-refractivity contribution is 0.0607. The Hall–Kier alpha value is 0.200. The Labute approximate surface area is 83.0 Å². The molecule has 70 valence electrons. The average molecular weight is 206 g/mol. The molecule has 0 bridgehead atoms. The molecule has 1 atom stereocenters. The third-order valence-corrected chi connectivity index (χ3v) is 2.92. The van der Waals surface area contributed by atoms with E-state index in [4.69, 9.17) is 21.7 Å². The van der Waals surface area contributed by atoms with Gasteiger partial charge in [-0.25, -0.2) is 0 Å². The minimum absolute atomic E-state index is 0.194. The quantitative estimate of drug-likeness (QED) is 0.507. The summed E-state index contributed by atoms with van der Waals surface area (Å²) < 4.78 is 11.4. The molecule has 1 aliphatic heterocycles. The van der Waals surface area contributed by atoms with Crippen molar-refractivity contribution in [3.05, 3.63) is 0 Å². The van der Waals surface area contributed by atoms with Gasteiger partial charge in [-0.15, -0.1) is 0 Å². The third-order valence-electron chi connectivity index (χ3n) is 1.60. The predicted molar refractivity (Wildman–Crippen MR) is 55.7 cm³/mol. The molecule has 0 aromatic heterocycles. The van der Waals surface area contributed by atoms with Gasteiger partial charge in [0.2, 0.25) is 4.38 Å². The number of rotatable bonds is 5. The molecule has 1 aliphatic rings. The number of ether oxygens (including phenoxy) is 2. The van der Waals surface area contributed by atoms with Crippen molar-refractivity contribution in [1.82, 2.24) is 0 Å². The van der Waals surface area contributed by atoms with E-state index in [0.717, 1.165) is 18.8 Å². The van der Waals surface area contributed by atoms with E-state index in [0.29, 0.717) is 11.0 Å². The standard InChI is InChI=1S/C8H14O2S2/c1-2-3-4-9-5-7-6-12-8(11)10-7/h7H,2-6H2,1H3. The molecule has 1 unspecified atom stereocenters. The van der Waals surface area contributed by atoms with Crippen molar-refractivity contribution in [3.8, 4) is 0 Å². The lowest BCUT2D eigenvalue weighted by atomic mass is 10.3.